The Bertz CT molecular complexity index is 655. The fourth-order valence-corrected chi connectivity index (χ4v) is 2.68. The smallest absolute Gasteiger partial charge is 0.131 e. The molecule has 1 aromatic carbocycles. The lowest BCUT2D eigenvalue weighted by Gasteiger charge is -2.10. The van der Waals surface area contributed by atoms with Gasteiger partial charge in [0.25, 0.3) is 0 Å². The minimum Gasteiger partial charge on any atom is -0.358 e. The van der Waals surface area contributed by atoms with Gasteiger partial charge in [-0.1, -0.05) is 11.8 Å². The topological polar surface area (TPSA) is 32.9 Å². The molecule has 90 valence electrons. The van der Waals surface area contributed by atoms with Crippen molar-refractivity contribution in [3.63, 3.8) is 0 Å². The molecule has 1 N–H and O–H groups in total. The van der Waals surface area contributed by atoms with Crippen molar-refractivity contribution in [2.45, 2.75) is 32.1 Å². The molecular weight excluding hydrogens is 222 g/mol. The Morgan fingerprint density at radius 2 is 2.17 bits per heavy atom. The van der Waals surface area contributed by atoms with Crippen LogP contribution in [0.1, 0.15) is 36.1 Å². The first-order valence-electron chi connectivity index (χ1n) is 6.44. The number of aryl methyl sites for hydroxylation is 2. The van der Waals surface area contributed by atoms with Gasteiger partial charge in [-0.15, -0.1) is 0 Å². The fourth-order valence-electron chi connectivity index (χ4n) is 2.68. The lowest BCUT2D eigenvalue weighted by atomic mass is 9.95. The van der Waals surface area contributed by atoms with Gasteiger partial charge in [-0.2, -0.15) is 0 Å². The standard InChI is InChI=1S/C16H15NO/c18-10-4-3-5-12-8-9-16-14(11-12)13-6-1-2-7-15(13)17-16/h8-11,17H,1-2,4,6-7H2. The van der Waals surface area contributed by atoms with Gasteiger partial charge in [-0.25, -0.2) is 0 Å². The van der Waals surface area contributed by atoms with Gasteiger partial charge in [0.15, 0.2) is 0 Å². The van der Waals surface area contributed by atoms with Gasteiger partial charge in [0.2, 0.25) is 0 Å². The second kappa shape index (κ2) is 4.70. The van der Waals surface area contributed by atoms with Crippen LogP contribution in [0.4, 0.5) is 0 Å². The van der Waals surface area contributed by atoms with Crippen LogP contribution in [0.3, 0.4) is 0 Å². The molecular formula is C16H15NO. The summed E-state index contributed by atoms with van der Waals surface area (Å²) in [6.45, 7) is 0. The molecule has 1 aliphatic rings. The number of hydrogen-bond donors (Lipinski definition) is 1. The Hall–Kier alpha value is -2.01. The Balaban J connectivity index is 2.06. The Morgan fingerprint density at radius 1 is 1.28 bits per heavy atom. The number of aromatic amines is 1. The van der Waals surface area contributed by atoms with Crippen LogP contribution >= 0.6 is 0 Å². The average molecular weight is 237 g/mol. The molecule has 18 heavy (non-hydrogen) atoms. The summed E-state index contributed by atoms with van der Waals surface area (Å²) in [5.41, 5.74) is 5.07. The SMILES string of the molecule is O=CCC#Cc1ccc2[nH]c3c(c2c1)CCCC3. The van der Waals surface area contributed by atoms with Gasteiger partial charge in [0.1, 0.15) is 6.29 Å². The first-order valence-corrected chi connectivity index (χ1v) is 6.44. The number of rotatable bonds is 1. The van der Waals surface area contributed by atoms with E-state index < -0.39 is 0 Å². The first kappa shape index (κ1) is 11.1. The molecule has 1 aromatic heterocycles. The number of aldehydes is 1. The minimum atomic E-state index is 0.309. The fraction of sp³-hybridized carbons (Fsp3) is 0.312. The third-order valence-corrected chi connectivity index (χ3v) is 3.52. The van der Waals surface area contributed by atoms with Crippen molar-refractivity contribution in [2.75, 3.05) is 0 Å². The maximum atomic E-state index is 10.3. The van der Waals surface area contributed by atoms with Crippen LogP contribution in [0.2, 0.25) is 0 Å². The number of aromatic nitrogens is 1. The van der Waals surface area contributed by atoms with Crippen molar-refractivity contribution in [3.05, 3.63) is 35.0 Å². The molecule has 2 nitrogen and oxygen atoms in total. The Morgan fingerprint density at radius 3 is 3.06 bits per heavy atom. The molecule has 2 heteroatoms. The summed E-state index contributed by atoms with van der Waals surface area (Å²) in [6, 6.07) is 6.26. The summed E-state index contributed by atoms with van der Waals surface area (Å²) in [7, 11) is 0. The number of fused-ring (bicyclic) bond motifs is 3. The Labute approximate surface area is 106 Å². The zero-order valence-electron chi connectivity index (χ0n) is 10.3. The molecule has 1 aliphatic carbocycles. The molecule has 0 spiro atoms. The molecule has 0 aliphatic heterocycles. The van der Waals surface area contributed by atoms with E-state index in [-0.39, 0.29) is 0 Å². The number of carbonyl (C=O) groups is 1. The summed E-state index contributed by atoms with van der Waals surface area (Å²) in [5, 5.41) is 1.31. The zero-order chi connectivity index (χ0) is 12.4. The molecule has 0 radical (unpaired) electrons. The summed E-state index contributed by atoms with van der Waals surface area (Å²) in [5.74, 6) is 5.90. The van der Waals surface area contributed by atoms with Crippen LogP contribution in [0, 0.1) is 11.8 Å². The van der Waals surface area contributed by atoms with Gasteiger partial charge in [-0.05, 0) is 49.4 Å². The highest BCUT2D eigenvalue weighted by molar-refractivity contribution is 5.86. The van der Waals surface area contributed by atoms with E-state index in [1.165, 1.54) is 41.4 Å². The second-order valence-corrected chi connectivity index (χ2v) is 4.72. The van der Waals surface area contributed by atoms with Gasteiger partial charge >= 0.3 is 0 Å². The minimum absolute atomic E-state index is 0.309. The first-order chi connectivity index (χ1) is 8.88. The van der Waals surface area contributed by atoms with Crippen molar-refractivity contribution < 1.29 is 4.79 Å². The van der Waals surface area contributed by atoms with Gasteiger partial charge in [0, 0.05) is 22.2 Å². The van der Waals surface area contributed by atoms with Crippen LogP contribution < -0.4 is 0 Å². The molecule has 0 amide bonds. The van der Waals surface area contributed by atoms with Crippen molar-refractivity contribution in [3.8, 4) is 11.8 Å². The molecule has 0 bridgehead atoms. The lowest BCUT2D eigenvalue weighted by Crippen LogP contribution is -1.99. The van der Waals surface area contributed by atoms with Crippen molar-refractivity contribution in [2.24, 2.45) is 0 Å². The van der Waals surface area contributed by atoms with E-state index in [4.69, 9.17) is 0 Å². The highest BCUT2D eigenvalue weighted by Crippen LogP contribution is 2.29. The zero-order valence-corrected chi connectivity index (χ0v) is 10.3. The summed E-state index contributed by atoms with van der Waals surface area (Å²) < 4.78 is 0. The molecule has 0 saturated heterocycles. The maximum Gasteiger partial charge on any atom is 0.131 e. The van der Waals surface area contributed by atoms with Crippen molar-refractivity contribution in [1.29, 1.82) is 0 Å². The quantitative estimate of drug-likeness (QED) is 0.600. The van der Waals surface area contributed by atoms with E-state index in [9.17, 15) is 4.79 Å². The van der Waals surface area contributed by atoms with Crippen LogP contribution in [0.5, 0.6) is 0 Å². The Kier molecular flexibility index (Phi) is 2.90. The average Bonchev–Trinajstić information content (AvgIpc) is 2.77. The van der Waals surface area contributed by atoms with Crippen molar-refractivity contribution in [1.82, 2.24) is 4.98 Å². The number of benzene rings is 1. The van der Waals surface area contributed by atoms with Gasteiger partial charge in [-0.3, -0.25) is 0 Å². The molecule has 2 aromatic rings. The lowest BCUT2D eigenvalue weighted by molar-refractivity contribution is -0.107. The number of hydrogen-bond acceptors (Lipinski definition) is 1. The molecule has 0 atom stereocenters. The number of carbonyl (C=O) groups excluding carboxylic acids is 1. The number of nitrogens with one attached hydrogen (secondary N) is 1. The summed E-state index contributed by atoms with van der Waals surface area (Å²) in [4.78, 5) is 13.8. The van der Waals surface area contributed by atoms with Gasteiger partial charge < -0.3 is 9.78 Å². The van der Waals surface area contributed by atoms with E-state index in [0.717, 1.165) is 18.3 Å². The third-order valence-electron chi connectivity index (χ3n) is 3.52. The summed E-state index contributed by atoms with van der Waals surface area (Å²) >= 11 is 0. The normalized spacial score (nSPS) is 13.8. The van der Waals surface area contributed by atoms with E-state index in [1.807, 2.05) is 6.07 Å². The van der Waals surface area contributed by atoms with Crippen LogP contribution in [0.15, 0.2) is 18.2 Å². The monoisotopic (exact) mass is 237 g/mol. The molecule has 3 rings (SSSR count). The predicted molar refractivity (Wildman–Crippen MR) is 72.5 cm³/mol. The molecule has 0 unspecified atom stereocenters. The highest BCUT2D eigenvalue weighted by atomic mass is 16.1. The van der Waals surface area contributed by atoms with Gasteiger partial charge in [0.05, 0.1) is 6.42 Å². The molecule has 0 saturated carbocycles. The van der Waals surface area contributed by atoms with E-state index in [0.29, 0.717) is 6.42 Å². The second-order valence-electron chi connectivity index (χ2n) is 4.72. The molecule has 1 heterocycles. The molecule has 0 fully saturated rings. The van der Waals surface area contributed by atoms with Crippen LogP contribution in [-0.4, -0.2) is 11.3 Å². The number of H-pyrrole nitrogens is 1. The van der Waals surface area contributed by atoms with E-state index in [2.05, 4.69) is 29.0 Å². The van der Waals surface area contributed by atoms with Crippen molar-refractivity contribution >= 4 is 17.2 Å². The maximum absolute atomic E-state index is 10.3. The summed E-state index contributed by atoms with van der Waals surface area (Å²) in [6.07, 6.45) is 6.04. The third kappa shape index (κ3) is 1.93. The van der Waals surface area contributed by atoms with Crippen LogP contribution in [0.25, 0.3) is 10.9 Å². The van der Waals surface area contributed by atoms with E-state index in [1.54, 1.807) is 0 Å². The highest BCUT2D eigenvalue weighted by Gasteiger charge is 2.14. The largest absolute Gasteiger partial charge is 0.358 e. The van der Waals surface area contributed by atoms with Crippen LogP contribution in [-0.2, 0) is 17.6 Å². The van der Waals surface area contributed by atoms with E-state index >= 15 is 0 Å². The predicted octanol–water partition coefficient (Wildman–Crippen LogP) is 2.99.